The lowest BCUT2D eigenvalue weighted by molar-refractivity contribution is 0.683. The summed E-state index contributed by atoms with van der Waals surface area (Å²) in [6.45, 7) is 2.05. The molecular weight excluding hydrogens is 286 g/mol. The van der Waals surface area contributed by atoms with Gasteiger partial charge in [0.05, 0.1) is 6.04 Å². The third-order valence-electron chi connectivity index (χ3n) is 2.30. The fraction of sp³-hybridized carbons (Fsp3) is 0.273. The number of hydrogen-bond donors (Lipinski definition) is 1. The maximum absolute atomic E-state index is 5.92. The minimum atomic E-state index is -0.00580. The molecule has 0 bridgehead atoms. The second-order valence-electron chi connectivity index (χ2n) is 3.44. The zero-order valence-electron chi connectivity index (χ0n) is 8.85. The third kappa shape index (κ3) is 2.31. The molecule has 0 aliphatic heterocycles. The minimum Gasteiger partial charge on any atom is -0.322 e. The van der Waals surface area contributed by atoms with E-state index in [1.54, 1.807) is 11.3 Å². The number of aromatic nitrogens is 2. The Morgan fingerprint density at radius 3 is 2.81 bits per heavy atom. The van der Waals surface area contributed by atoms with Crippen LogP contribution in [-0.2, 0) is 0 Å². The lowest BCUT2D eigenvalue weighted by Gasteiger charge is -2.01. The van der Waals surface area contributed by atoms with Crippen molar-refractivity contribution >= 4 is 27.3 Å². The lowest BCUT2D eigenvalue weighted by Crippen LogP contribution is -2.07. The molecule has 2 aromatic rings. The molecule has 1 unspecified atom stereocenters. The maximum Gasteiger partial charge on any atom is 0.148 e. The van der Waals surface area contributed by atoms with Crippen molar-refractivity contribution in [3.05, 3.63) is 33.7 Å². The molecule has 0 amide bonds. The molecule has 0 aliphatic rings. The average molecular weight is 298 g/mol. The molecule has 0 fully saturated rings. The molecule has 1 atom stereocenters. The number of hydrogen-bond acceptors (Lipinski definition) is 4. The molecular formula is C11H12BrN3S. The first kappa shape index (κ1) is 11.7. The van der Waals surface area contributed by atoms with Crippen LogP contribution in [-0.4, -0.2) is 10.2 Å². The monoisotopic (exact) mass is 297 g/mol. The molecule has 0 spiro atoms. The van der Waals surface area contributed by atoms with Crippen LogP contribution in [0.2, 0.25) is 0 Å². The first-order valence-electron chi connectivity index (χ1n) is 5.06. The fourth-order valence-electron chi connectivity index (χ4n) is 1.30. The smallest absolute Gasteiger partial charge is 0.148 e. The Hall–Kier alpha value is -0.780. The Labute approximate surface area is 107 Å². The van der Waals surface area contributed by atoms with Gasteiger partial charge in [-0.05, 0) is 12.5 Å². The average Bonchev–Trinajstić information content (AvgIpc) is 2.78. The van der Waals surface area contributed by atoms with E-state index in [2.05, 4.69) is 26.1 Å². The number of nitrogens with two attached hydrogens (primary N) is 1. The largest absolute Gasteiger partial charge is 0.322 e. The van der Waals surface area contributed by atoms with Crippen molar-refractivity contribution in [3.8, 4) is 10.6 Å². The van der Waals surface area contributed by atoms with E-state index >= 15 is 0 Å². The third-order valence-corrected chi connectivity index (χ3v) is 4.08. The summed E-state index contributed by atoms with van der Waals surface area (Å²) in [5.41, 5.74) is 6.98. The number of benzene rings is 1. The zero-order chi connectivity index (χ0) is 11.5. The highest BCUT2D eigenvalue weighted by molar-refractivity contribution is 9.10. The lowest BCUT2D eigenvalue weighted by atomic mass is 10.2. The summed E-state index contributed by atoms with van der Waals surface area (Å²) in [4.78, 5) is 0. The van der Waals surface area contributed by atoms with Gasteiger partial charge in [0.2, 0.25) is 0 Å². The summed E-state index contributed by atoms with van der Waals surface area (Å²) < 4.78 is 1.03. The number of nitrogens with zero attached hydrogens (tertiary/aromatic N) is 2. The summed E-state index contributed by atoms with van der Waals surface area (Å²) in [7, 11) is 0. The van der Waals surface area contributed by atoms with Gasteiger partial charge < -0.3 is 5.73 Å². The SMILES string of the molecule is CCC(N)c1nnc(-c2ccccc2Br)s1. The summed E-state index contributed by atoms with van der Waals surface area (Å²) in [5, 5.41) is 10.1. The van der Waals surface area contributed by atoms with Gasteiger partial charge in [-0.3, -0.25) is 0 Å². The van der Waals surface area contributed by atoms with Gasteiger partial charge in [0, 0.05) is 10.0 Å². The van der Waals surface area contributed by atoms with Gasteiger partial charge in [-0.1, -0.05) is 52.4 Å². The number of rotatable bonds is 3. The van der Waals surface area contributed by atoms with E-state index in [9.17, 15) is 0 Å². The van der Waals surface area contributed by atoms with E-state index < -0.39 is 0 Å². The van der Waals surface area contributed by atoms with Crippen LogP contribution in [0.15, 0.2) is 28.7 Å². The summed E-state index contributed by atoms with van der Waals surface area (Å²) >= 11 is 5.06. The molecule has 16 heavy (non-hydrogen) atoms. The second-order valence-corrected chi connectivity index (χ2v) is 5.30. The molecule has 0 saturated carbocycles. The predicted molar refractivity (Wildman–Crippen MR) is 70.3 cm³/mol. The molecule has 0 radical (unpaired) electrons. The van der Waals surface area contributed by atoms with Gasteiger partial charge >= 0.3 is 0 Å². The molecule has 5 heteroatoms. The van der Waals surface area contributed by atoms with Gasteiger partial charge in [-0.2, -0.15) is 0 Å². The molecule has 2 N–H and O–H groups in total. The highest BCUT2D eigenvalue weighted by Gasteiger charge is 2.13. The van der Waals surface area contributed by atoms with Gasteiger partial charge in [-0.25, -0.2) is 0 Å². The van der Waals surface area contributed by atoms with Crippen LogP contribution in [0.4, 0.5) is 0 Å². The quantitative estimate of drug-likeness (QED) is 0.945. The van der Waals surface area contributed by atoms with Crippen LogP contribution in [0.25, 0.3) is 10.6 Å². The van der Waals surface area contributed by atoms with Crippen LogP contribution in [0, 0.1) is 0 Å². The van der Waals surface area contributed by atoms with Crippen LogP contribution < -0.4 is 5.73 Å². The summed E-state index contributed by atoms with van der Waals surface area (Å²) in [5.74, 6) is 0. The topological polar surface area (TPSA) is 51.8 Å². The van der Waals surface area contributed by atoms with E-state index in [0.717, 1.165) is 26.5 Å². The van der Waals surface area contributed by atoms with Crippen molar-refractivity contribution < 1.29 is 0 Å². The molecule has 0 saturated heterocycles. The minimum absolute atomic E-state index is 0.00580. The highest BCUT2D eigenvalue weighted by atomic mass is 79.9. The van der Waals surface area contributed by atoms with Crippen molar-refractivity contribution in [3.63, 3.8) is 0 Å². The van der Waals surface area contributed by atoms with Crippen LogP contribution in [0.5, 0.6) is 0 Å². The van der Waals surface area contributed by atoms with E-state index in [0.29, 0.717) is 0 Å². The second kappa shape index (κ2) is 5.03. The maximum atomic E-state index is 5.92. The summed E-state index contributed by atoms with van der Waals surface area (Å²) in [6, 6.07) is 7.98. The van der Waals surface area contributed by atoms with Crippen LogP contribution in [0.1, 0.15) is 24.4 Å². The standard InChI is InChI=1S/C11H12BrN3S/c1-2-9(13)11-15-14-10(16-11)7-5-3-4-6-8(7)12/h3-6,9H,2,13H2,1H3. The van der Waals surface area contributed by atoms with Gasteiger partial charge in [0.25, 0.3) is 0 Å². The Balaban J connectivity index is 2.35. The van der Waals surface area contributed by atoms with Crippen molar-refractivity contribution in [2.75, 3.05) is 0 Å². The molecule has 2 rings (SSSR count). The van der Waals surface area contributed by atoms with E-state index in [-0.39, 0.29) is 6.04 Å². The Bertz CT molecular complexity index is 484. The van der Waals surface area contributed by atoms with Crippen LogP contribution in [0.3, 0.4) is 0 Å². The molecule has 0 aliphatic carbocycles. The molecule has 1 heterocycles. The molecule has 3 nitrogen and oxygen atoms in total. The van der Waals surface area contributed by atoms with Crippen molar-refractivity contribution in [2.24, 2.45) is 5.73 Å². The molecule has 1 aromatic heterocycles. The fourth-order valence-corrected chi connectivity index (χ4v) is 2.87. The Kier molecular flexibility index (Phi) is 3.68. The van der Waals surface area contributed by atoms with Gasteiger partial charge in [0.15, 0.2) is 0 Å². The predicted octanol–water partition coefficient (Wildman–Crippen LogP) is 3.38. The van der Waals surface area contributed by atoms with E-state index in [4.69, 9.17) is 5.73 Å². The highest BCUT2D eigenvalue weighted by Crippen LogP contribution is 2.31. The van der Waals surface area contributed by atoms with Crippen molar-refractivity contribution in [1.29, 1.82) is 0 Å². The summed E-state index contributed by atoms with van der Waals surface area (Å²) in [6.07, 6.45) is 0.880. The van der Waals surface area contributed by atoms with Gasteiger partial charge in [0.1, 0.15) is 10.0 Å². The number of halogens is 1. The first-order valence-corrected chi connectivity index (χ1v) is 6.67. The van der Waals surface area contributed by atoms with Gasteiger partial charge in [-0.15, -0.1) is 10.2 Å². The van der Waals surface area contributed by atoms with E-state index in [1.165, 1.54) is 0 Å². The molecule has 1 aromatic carbocycles. The Morgan fingerprint density at radius 2 is 2.12 bits per heavy atom. The van der Waals surface area contributed by atoms with Crippen LogP contribution >= 0.6 is 27.3 Å². The first-order chi connectivity index (χ1) is 7.72. The molecule has 84 valence electrons. The normalized spacial score (nSPS) is 12.7. The van der Waals surface area contributed by atoms with Crippen molar-refractivity contribution in [1.82, 2.24) is 10.2 Å². The van der Waals surface area contributed by atoms with Crippen molar-refractivity contribution in [2.45, 2.75) is 19.4 Å². The zero-order valence-corrected chi connectivity index (χ0v) is 11.3. The Morgan fingerprint density at radius 1 is 1.38 bits per heavy atom. The van der Waals surface area contributed by atoms with E-state index in [1.807, 2.05) is 31.2 Å².